The summed E-state index contributed by atoms with van der Waals surface area (Å²) in [5.41, 5.74) is 0.925. The van der Waals surface area contributed by atoms with Crippen LogP contribution in [0, 0.1) is 5.92 Å². The summed E-state index contributed by atoms with van der Waals surface area (Å²) < 4.78 is 5.43. The van der Waals surface area contributed by atoms with Crippen LogP contribution in [0.15, 0.2) is 24.3 Å². The maximum atomic E-state index is 12.5. The Bertz CT molecular complexity index is 694. The van der Waals surface area contributed by atoms with Crippen LogP contribution >= 0.6 is 11.6 Å². The number of aliphatic hydroxyl groups is 1. The Balaban J connectivity index is 1.64. The topological polar surface area (TPSA) is 82.1 Å². The van der Waals surface area contributed by atoms with E-state index in [9.17, 15) is 14.7 Å². The van der Waals surface area contributed by atoms with E-state index in [-0.39, 0.29) is 12.0 Å². The Labute approximate surface area is 170 Å². The molecule has 2 amide bonds. The number of halogens is 1. The Hall–Kier alpha value is -1.67. The van der Waals surface area contributed by atoms with E-state index in [2.05, 4.69) is 10.2 Å². The van der Waals surface area contributed by atoms with Gasteiger partial charge in [0, 0.05) is 43.7 Å². The first kappa shape index (κ1) is 21.0. The summed E-state index contributed by atoms with van der Waals surface area (Å²) in [5.74, 6) is -1.12. The first-order valence-electron chi connectivity index (χ1n) is 9.78. The number of nitrogens with zero attached hydrogens (tertiary/aromatic N) is 2. The average molecular weight is 410 g/mol. The Morgan fingerprint density at radius 2 is 2.00 bits per heavy atom. The molecule has 1 aromatic carbocycles. The van der Waals surface area contributed by atoms with Gasteiger partial charge in [-0.05, 0) is 25.0 Å². The first-order chi connectivity index (χ1) is 13.5. The maximum Gasteiger partial charge on any atom is 0.311 e. The fraction of sp³-hybridized carbons (Fsp3) is 0.600. The van der Waals surface area contributed by atoms with Crippen molar-refractivity contribution in [2.45, 2.75) is 25.5 Å². The molecule has 2 N–H and O–H groups in total. The molecule has 2 aliphatic rings. The number of hydrogen-bond acceptors (Lipinski definition) is 5. The van der Waals surface area contributed by atoms with E-state index in [0.717, 1.165) is 18.7 Å². The molecule has 28 heavy (non-hydrogen) atoms. The SMILES string of the molecule is CC(O)C1CCN(C(=O)C(=O)NCC(c2ccccc2Cl)N2CCOCC2)C1. The third-order valence-corrected chi connectivity index (χ3v) is 5.94. The predicted octanol–water partition coefficient (Wildman–Crippen LogP) is 1.06. The molecule has 0 spiro atoms. The van der Waals surface area contributed by atoms with E-state index in [1.165, 1.54) is 4.90 Å². The van der Waals surface area contributed by atoms with Crippen LogP contribution in [-0.2, 0) is 14.3 Å². The number of ether oxygens (including phenoxy) is 1. The van der Waals surface area contributed by atoms with E-state index in [1.54, 1.807) is 6.92 Å². The van der Waals surface area contributed by atoms with Crippen LogP contribution < -0.4 is 5.32 Å². The second-order valence-corrected chi connectivity index (χ2v) is 7.84. The van der Waals surface area contributed by atoms with Gasteiger partial charge in [0.25, 0.3) is 0 Å². The molecule has 2 aliphatic heterocycles. The molecule has 2 heterocycles. The Kier molecular flexibility index (Phi) is 7.29. The van der Waals surface area contributed by atoms with Crippen LogP contribution in [0.1, 0.15) is 24.9 Å². The van der Waals surface area contributed by atoms with Gasteiger partial charge in [0.1, 0.15) is 0 Å². The van der Waals surface area contributed by atoms with Gasteiger partial charge >= 0.3 is 11.8 Å². The van der Waals surface area contributed by atoms with Crippen molar-refractivity contribution in [2.75, 3.05) is 45.9 Å². The van der Waals surface area contributed by atoms with Crippen LogP contribution in [0.3, 0.4) is 0 Å². The van der Waals surface area contributed by atoms with Gasteiger partial charge < -0.3 is 20.1 Å². The van der Waals surface area contributed by atoms with Crippen molar-refractivity contribution in [2.24, 2.45) is 5.92 Å². The van der Waals surface area contributed by atoms with Crippen molar-refractivity contribution in [3.8, 4) is 0 Å². The van der Waals surface area contributed by atoms with E-state index in [0.29, 0.717) is 44.3 Å². The van der Waals surface area contributed by atoms with Gasteiger partial charge in [-0.3, -0.25) is 14.5 Å². The third kappa shape index (κ3) is 5.03. The van der Waals surface area contributed by atoms with Gasteiger partial charge in [0.15, 0.2) is 0 Å². The summed E-state index contributed by atoms with van der Waals surface area (Å²) in [6.45, 7) is 5.66. The zero-order valence-corrected chi connectivity index (χ0v) is 16.9. The van der Waals surface area contributed by atoms with Crippen LogP contribution in [0.2, 0.25) is 5.02 Å². The number of nitrogens with one attached hydrogen (secondary N) is 1. The molecule has 0 aromatic heterocycles. The highest BCUT2D eigenvalue weighted by Gasteiger charge is 2.33. The maximum absolute atomic E-state index is 12.5. The number of likely N-dealkylation sites (tertiary alicyclic amines) is 1. The predicted molar refractivity (Wildman–Crippen MR) is 106 cm³/mol. The Morgan fingerprint density at radius 3 is 2.64 bits per heavy atom. The van der Waals surface area contributed by atoms with Gasteiger partial charge in [0.2, 0.25) is 0 Å². The highest BCUT2D eigenvalue weighted by Crippen LogP contribution is 2.28. The number of carbonyl (C=O) groups excluding carboxylic acids is 2. The summed E-state index contributed by atoms with van der Waals surface area (Å²) in [6, 6.07) is 7.44. The molecule has 0 aliphatic carbocycles. The van der Waals surface area contributed by atoms with E-state index >= 15 is 0 Å². The summed E-state index contributed by atoms with van der Waals surface area (Å²) >= 11 is 6.40. The summed E-state index contributed by atoms with van der Waals surface area (Å²) in [4.78, 5) is 28.7. The zero-order chi connectivity index (χ0) is 20.1. The number of hydrogen-bond donors (Lipinski definition) is 2. The van der Waals surface area contributed by atoms with Crippen LogP contribution in [0.25, 0.3) is 0 Å². The van der Waals surface area contributed by atoms with Crippen molar-refractivity contribution < 1.29 is 19.4 Å². The van der Waals surface area contributed by atoms with Crippen LogP contribution in [0.5, 0.6) is 0 Å². The molecule has 2 saturated heterocycles. The molecule has 154 valence electrons. The number of amides is 2. The summed E-state index contributed by atoms with van der Waals surface area (Å²) in [5, 5.41) is 13.1. The highest BCUT2D eigenvalue weighted by molar-refractivity contribution is 6.35. The fourth-order valence-electron chi connectivity index (χ4n) is 3.84. The van der Waals surface area contributed by atoms with Crippen molar-refractivity contribution >= 4 is 23.4 Å². The molecule has 3 unspecified atom stereocenters. The minimum Gasteiger partial charge on any atom is -0.393 e. The van der Waals surface area contributed by atoms with Gasteiger partial charge in [-0.1, -0.05) is 29.8 Å². The minimum absolute atomic E-state index is 0.0287. The van der Waals surface area contributed by atoms with Gasteiger partial charge in [-0.2, -0.15) is 0 Å². The first-order valence-corrected chi connectivity index (χ1v) is 10.2. The lowest BCUT2D eigenvalue weighted by atomic mass is 10.0. The molecule has 3 rings (SSSR count). The van der Waals surface area contributed by atoms with Gasteiger partial charge in [0.05, 0.1) is 25.4 Å². The van der Waals surface area contributed by atoms with Crippen LogP contribution in [0.4, 0.5) is 0 Å². The monoisotopic (exact) mass is 409 g/mol. The molecular formula is C20H28ClN3O4. The lowest BCUT2D eigenvalue weighted by Gasteiger charge is -2.35. The van der Waals surface area contributed by atoms with Crippen LogP contribution in [-0.4, -0.2) is 78.8 Å². The van der Waals surface area contributed by atoms with Crippen molar-refractivity contribution in [1.29, 1.82) is 0 Å². The van der Waals surface area contributed by atoms with Crippen molar-refractivity contribution in [3.05, 3.63) is 34.9 Å². The highest BCUT2D eigenvalue weighted by atomic mass is 35.5. The standard InChI is InChI=1S/C20H28ClN3O4/c1-14(25)15-6-7-24(13-15)20(27)19(26)22-12-18(23-8-10-28-11-9-23)16-4-2-3-5-17(16)21/h2-5,14-15,18,25H,6-13H2,1H3,(H,22,26). The molecule has 0 saturated carbocycles. The second-order valence-electron chi connectivity index (χ2n) is 7.44. The van der Waals surface area contributed by atoms with Crippen molar-refractivity contribution in [1.82, 2.24) is 15.1 Å². The molecule has 0 radical (unpaired) electrons. The quantitative estimate of drug-likeness (QED) is 0.710. The second kappa shape index (κ2) is 9.69. The van der Waals surface area contributed by atoms with E-state index in [1.807, 2.05) is 24.3 Å². The number of aliphatic hydroxyl groups excluding tert-OH is 1. The molecule has 2 fully saturated rings. The summed E-state index contributed by atoms with van der Waals surface area (Å²) in [7, 11) is 0. The molecule has 0 bridgehead atoms. The number of rotatable bonds is 5. The molecule has 1 aromatic rings. The number of carbonyl (C=O) groups is 2. The normalized spacial score (nSPS) is 22.7. The lowest BCUT2D eigenvalue weighted by Crippen LogP contribution is -2.47. The molecular weight excluding hydrogens is 382 g/mol. The van der Waals surface area contributed by atoms with E-state index < -0.39 is 17.9 Å². The lowest BCUT2D eigenvalue weighted by molar-refractivity contribution is -0.145. The minimum atomic E-state index is -0.614. The fourth-order valence-corrected chi connectivity index (χ4v) is 4.11. The Morgan fingerprint density at radius 1 is 1.29 bits per heavy atom. The van der Waals surface area contributed by atoms with Gasteiger partial charge in [-0.25, -0.2) is 0 Å². The largest absolute Gasteiger partial charge is 0.393 e. The zero-order valence-electron chi connectivity index (χ0n) is 16.1. The number of morpholine rings is 1. The summed E-state index contributed by atoms with van der Waals surface area (Å²) in [6.07, 6.45) is 0.235. The van der Waals surface area contributed by atoms with Gasteiger partial charge in [-0.15, -0.1) is 0 Å². The number of benzene rings is 1. The van der Waals surface area contributed by atoms with Crippen molar-refractivity contribution in [3.63, 3.8) is 0 Å². The molecule has 8 heteroatoms. The molecule has 3 atom stereocenters. The average Bonchev–Trinajstić information content (AvgIpc) is 3.20. The molecule has 7 nitrogen and oxygen atoms in total. The smallest absolute Gasteiger partial charge is 0.311 e. The third-order valence-electron chi connectivity index (χ3n) is 5.60. The van der Waals surface area contributed by atoms with E-state index in [4.69, 9.17) is 16.3 Å².